The summed E-state index contributed by atoms with van der Waals surface area (Å²) in [6, 6.07) is 0. The first-order chi connectivity index (χ1) is 7.75. The monoisotopic (exact) mass is 245 g/mol. The smallest absolute Gasteiger partial charge is 0.225 e. The summed E-state index contributed by atoms with van der Waals surface area (Å²) in [6.07, 6.45) is 5.26. The molecule has 92 valence electrons. The highest BCUT2D eigenvalue weighted by Crippen LogP contribution is 2.28. The van der Waals surface area contributed by atoms with Crippen LogP contribution in [0.5, 0.6) is 0 Å². The van der Waals surface area contributed by atoms with Gasteiger partial charge in [0, 0.05) is 18.5 Å². The summed E-state index contributed by atoms with van der Waals surface area (Å²) in [5.41, 5.74) is 0. The number of carbonyl (C=O) groups is 1. The number of hydrogen-bond donors (Lipinski definition) is 1. The molecule has 2 rings (SSSR count). The van der Waals surface area contributed by atoms with Crippen LogP contribution in [0.4, 0.5) is 0 Å². The normalized spacial score (nSPS) is 34.9. The Morgan fingerprint density at radius 1 is 1.38 bits per heavy atom. The van der Waals surface area contributed by atoms with Crippen molar-refractivity contribution in [3.63, 3.8) is 0 Å². The van der Waals surface area contributed by atoms with E-state index >= 15 is 0 Å². The van der Waals surface area contributed by atoms with Crippen LogP contribution in [-0.2, 0) is 9.53 Å². The van der Waals surface area contributed by atoms with Crippen LogP contribution >= 0.6 is 11.6 Å². The molecule has 1 amide bonds. The van der Waals surface area contributed by atoms with E-state index < -0.39 is 0 Å². The second kappa shape index (κ2) is 5.87. The molecule has 0 bridgehead atoms. The molecule has 0 radical (unpaired) electrons. The lowest BCUT2D eigenvalue weighted by Crippen LogP contribution is -2.37. The van der Waals surface area contributed by atoms with Crippen LogP contribution in [0.3, 0.4) is 0 Å². The molecule has 0 aromatic carbocycles. The average Bonchev–Trinajstić information content (AvgIpc) is 2.73. The Hall–Kier alpha value is -0.280. The molecular formula is C12H20ClNO2. The number of nitrogens with one attached hydrogen (secondary N) is 1. The van der Waals surface area contributed by atoms with Crippen LogP contribution in [0.25, 0.3) is 0 Å². The Balaban J connectivity index is 1.66. The molecule has 3 unspecified atom stereocenters. The Bertz CT molecular complexity index is 241. The molecule has 1 N–H and O–H groups in total. The van der Waals surface area contributed by atoms with E-state index in [-0.39, 0.29) is 11.8 Å². The van der Waals surface area contributed by atoms with Crippen molar-refractivity contribution < 1.29 is 9.53 Å². The van der Waals surface area contributed by atoms with Gasteiger partial charge in [-0.15, -0.1) is 11.6 Å². The zero-order valence-corrected chi connectivity index (χ0v) is 10.3. The van der Waals surface area contributed by atoms with Gasteiger partial charge in [0.05, 0.1) is 12.5 Å². The summed E-state index contributed by atoms with van der Waals surface area (Å²) in [6.45, 7) is 2.19. The van der Waals surface area contributed by atoms with Gasteiger partial charge >= 0.3 is 0 Å². The standard InChI is InChI=1S/C12H20ClNO2/c13-11-4-3-9(6-11)7-14-12(15)10-2-1-5-16-8-10/h9-11H,1-8H2,(H,14,15). The molecule has 1 aliphatic heterocycles. The van der Waals surface area contributed by atoms with E-state index in [0.717, 1.165) is 45.3 Å². The molecule has 0 aromatic rings. The van der Waals surface area contributed by atoms with Gasteiger partial charge in [-0.05, 0) is 38.0 Å². The minimum Gasteiger partial charge on any atom is -0.381 e. The molecule has 1 heterocycles. The second-order valence-corrected chi connectivity index (χ2v) is 5.55. The van der Waals surface area contributed by atoms with Crippen molar-refractivity contribution in [2.24, 2.45) is 11.8 Å². The van der Waals surface area contributed by atoms with Crippen LogP contribution in [0.1, 0.15) is 32.1 Å². The molecule has 1 saturated heterocycles. The lowest BCUT2D eigenvalue weighted by Gasteiger charge is -2.22. The Morgan fingerprint density at radius 3 is 2.88 bits per heavy atom. The summed E-state index contributed by atoms with van der Waals surface area (Å²) in [5.74, 6) is 0.815. The number of halogens is 1. The van der Waals surface area contributed by atoms with Gasteiger partial charge in [0.25, 0.3) is 0 Å². The molecule has 3 nitrogen and oxygen atoms in total. The van der Waals surface area contributed by atoms with Crippen molar-refractivity contribution in [2.45, 2.75) is 37.5 Å². The van der Waals surface area contributed by atoms with E-state index in [0.29, 0.717) is 17.9 Å². The molecular weight excluding hydrogens is 226 g/mol. The molecule has 2 aliphatic rings. The highest BCUT2D eigenvalue weighted by atomic mass is 35.5. The topological polar surface area (TPSA) is 38.3 Å². The van der Waals surface area contributed by atoms with E-state index in [4.69, 9.17) is 16.3 Å². The van der Waals surface area contributed by atoms with Gasteiger partial charge in [0.2, 0.25) is 5.91 Å². The van der Waals surface area contributed by atoms with Gasteiger partial charge in [-0.2, -0.15) is 0 Å². The molecule has 1 saturated carbocycles. The van der Waals surface area contributed by atoms with Crippen molar-refractivity contribution in [1.29, 1.82) is 0 Å². The lowest BCUT2D eigenvalue weighted by molar-refractivity contribution is -0.129. The lowest BCUT2D eigenvalue weighted by atomic mass is 10.0. The van der Waals surface area contributed by atoms with Gasteiger partial charge in [0.1, 0.15) is 0 Å². The van der Waals surface area contributed by atoms with Gasteiger partial charge in [-0.1, -0.05) is 0 Å². The van der Waals surface area contributed by atoms with Crippen LogP contribution in [0, 0.1) is 11.8 Å². The van der Waals surface area contributed by atoms with E-state index in [9.17, 15) is 4.79 Å². The van der Waals surface area contributed by atoms with Crippen LogP contribution in [-0.4, -0.2) is 31.0 Å². The van der Waals surface area contributed by atoms with Crippen molar-refractivity contribution in [3.05, 3.63) is 0 Å². The van der Waals surface area contributed by atoms with Crippen molar-refractivity contribution in [2.75, 3.05) is 19.8 Å². The maximum absolute atomic E-state index is 11.8. The minimum atomic E-state index is 0.0713. The van der Waals surface area contributed by atoms with Gasteiger partial charge in [-0.25, -0.2) is 0 Å². The number of carbonyl (C=O) groups excluding carboxylic acids is 1. The quantitative estimate of drug-likeness (QED) is 0.772. The first-order valence-electron chi connectivity index (χ1n) is 6.25. The maximum Gasteiger partial charge on any atom is 0.225 e. The summed E-state index contributed by atoms with van der Waals surface area (Å²) in [5, 5.41) is 3.36. The fourth-order valence-electron chi connectivity index (χ4n) is 2.54. The molecule has 1 aliphatic carbocycles. The first-order valence-corrected chi connectivity index (χ1v) is 6.69. The van der Waals surface area contributed by atoms with Crippen molar-refractivity contribution in [1.82, 2.24) is 5.32 Å². The van der Waals surface area contributed by atoms with Gasteiger partial charge in [0.15, 0.2) is 0 Å². The highest BCUT2D eigenvalue weighted by molar-refractivity contribution is 6.20. The molecule has 3 atom stereocenters. The third kappa shape index (κ3) is 3.36. The molecule has 0 spiro atoms. The summed E-state index contributed by atoms with van der Waals surface area (Å²) < 4.78 is 5.31. The zero-order valence-electron chi connectivity index (χ0n) is 9.58. The number of hydrogen-bond acceptors (Lipinski definition) is 2. The van der Waals surface area contributed by atoms with E-state index in [1.54, 1.807) is 0 Å². The number of alkyl halides is 1. The predicted octanol–water partition coefficient (Wildman–Crippen LogP) is 1.94. The van der Waals surface area contributed by atoms with E-state index in [1.165, 1.54) is 0 Å². The summed E-state index contributed by atoms with van der Waals surface area (Å²) in [4.78, 5) is 11.8. The van der Waals surface area contributed by atoms with Crippen LogP contribution < -0.4 is 5.32 Å². The molecule has 4 heteroatoms. The maximum atomic E-state index is 11.8. The Labute approximate surface area is 102 Å². The van der Waals surface area contributed by atoms with Crippen LogP contribution in [0.2, 0.25) is 0 Å². The average molecular weight is 246 g/mol. The fraction of sp³-hybridized carbons (Fsp3) is 0.917. The van der Waals surface area contributed by atoms with Crippen molar-refractivity contribution in [3.8, 4) is 0 Å². The largest absolute Gasteiger partial charge is 0.381 e. The summed E-state index contributed by atoms with van der Waals surface area (Å²) >= 11 is 6.04. The third-order valence-electron chi connectivity index (χ3n) is 3.57. The highest BCUT2D eigenvalue weighted by Gasteiger charge is 2.25. The van der Waals surface area contributed by atoms with Crippen LogP contribution in [0.15, 0.2) is 0 Å². The van der Waals surface area contributed by atoms with E-state index in [2.05, 4.69) is 5.32 Å². The molecule has 0 aromatic heterocycles. The first kappa shape index (κ1) is 12.2. The minimum absolute atomic E-state index is 0.0713. The molecule has 2 fully saturated rings. The Morgan fingerprint density at radius 2 is 2.25 bits per heavy atom. The third-order valence-corrected chi connectivity index (χ3v) is 3.97. The SMILES string of the molecule is O=C(NCC1CCC(Cl)C1)C1CCCOC1. The molecule has 16 heavy (non-hydrogen) atoms. The number of rotatable bonds is 3. The Kier molecular flexibility index (Phi) is 4.47. The zero-order chi connectivity index (χ0) is 11.4. The van der Waals surface area contributed by atoms with Gasteiger partial charge < -0.3 is 10.1 Å². The summed E-state index contributed by atoms with van der Waals surface area (Å²) in [7, 11) is 0. The number of ether oxygens (including phenoxy) is 1. The van der Waals surface area contributed by atoms with Gasteiger partial charge in [-0.3, -0.25) is 4.79 Å². The predicted molar refractivity (Wildman–Crippen MR) is 63.5 cm³/mol. The fourth-order valence-corrected chi connectivity index (χ4v) is 2.91. The second-order valence-electron chi connectivity index (χ2n) is 4.94. The van der Waals surface area contributed by atoms with E-state index in [1.807, 2.05) is 0 Å². The van der Waals surface area contributed by atoms with Crippen molar-refractivity contribution >= 4 is 17.5 Å². The number of amides is 1.